The minimum atomic E-state index is -4.74. The van der Waals surface area contributed by atoms with Gasteiger partial charge in [-0.05, 0) is 67.8 Å². The third-order valence-corrected chi connectivity index (χ3v) is 4.45. The maximum Gasteiger partial charge on any atom is 0.416 e. The van der Waals surface area contributed by atoms with Gasteiger partial charge in [-0.2, -0.15) is 23.7 Å². The second-order valence-electron chi connectivity index (χ2n) is 5.13. The van der Waals surface area contributed by atoms with E-state index in [0.717, 1.165) is 6.07 Å². The highest BCUT2D eigenvalue weighted by Gasteiger charge is 2.33. The summed E-state index contributed by atoms with van der Waals surface area (Å²) < 4.78 is 44.4. The zero-order chi connectivity index (χ0) is 21.1. The number of nitro benzene ring substituents is 1. The third kappa shape index (κ3) is 4.88. The molecular formula is C17H6Br2F3N3O3. The van der Waals surface area contributed by atoms with Gasteiger partial charge in [-0.15, -0.1) is 0 Å². The van der Waals surface area contributed by atoms with Crippen LogP contribution >= 0.6 is 31.9 Å². The lowest BCUT2D eigenvalue weighted by molar-refractivity contribution is -0.385. The Hall–Kier alpha value is -2.89. The average Bonchev–Trinajstić information content (AvgIpc) is 2.61. The van der Waals surface area contributed by atoms with Gasteiger partial charge in [0.05, 0.1) is 19.4 Å². The topological polar surface area (TPSA) is 100.0 Å². The number of hydrogen-bond acceptors (Lipinski definition) is 5. The van der Waals surface area contributed by atoms with E-state index in [9.17, 15) is 23.3 Å². The summed E-state index contributed by atoms with van der Waals surface area (Å²) in [5.74, 6) is -0.326. The largest absolute Gasteiger partial charge is 0.448 e. The van der Waals surface area contributed by atoms with Crippen molar-refractivity contribution in [1.29, 1.82) is 10.5 Å². The molecule has 0 aromatic heterocycles. The quantitative estimate of drug-likeness (QED) is 0.267. The van der Waals surface area contributed by atoms with Crippen LogP contribution < -0.4 is 4.74 Å². The normalized spacial score (nSPS) is 10.5. The van der Waals surface area contributed by atoms with E-state index in [1.165, 1.54) is 18.2 Å². The molecule has 11 heteroatoms. The van der Waals surface area contributed by atoms with Gasteiger partial charge in [-0.1, -0.05) is 0 Å². The lowest BCUT2D eigenvalue weighted by Gasteiger charge is -2.13. The van der Waals surface area contributed by atoms with E-state index in [-0.39, 0.29) is 20.3 Å². The van der Waals surface area contributed by atoms with Crippen LogP contribution in [0.5, 0.6) is 11.5 Å². The van der Waals surface area contributed by atoms with Crippen molar-refractivity contribution in [2.75, 3.05) is 0 Å². The van der Waals surface area contributed by atoms with E-state index in [4.69, 9.17) is 15.3 Å². The molecule has 0 radical (unpaired) electrons. The number of nitro groups is 1. The molecule has 142 valence electrons. The van der Waals surface area contributed by atoms with Crippen LogP contribution in [0.25, 0.3) is 6.08 Å². The molecule has 2 aromatic rings. The van der Waals surface area contributed by atoms with Crippen LogP contribution in [0.4, 0.5) is 18.9 Å². The fourth-order valence-electron chi connectivity index (χ4n) is 2.05. The zero-order valence-corrected chi connectivity index (χ0v) is 16.6. The number of allylic oxidation sites excluding steroid dienone is 1. The van der Waals surface area contributed by atoms with Crippen LogP contribution in [0.15, 0.2) is 44.9 Å². The Labute approximate surface area is 172 Å². The average molecular weight is 517 g/mol. The number of nitrogens with zero attached hydrogens (tertiary/aromatic N) is 3. The molecule has 0 bridgehead atoms. The molecule has 0 saturated heterocycles. The number of halogens is 5. The molecule has 0 amide bonds. The molecule has 0 spiro atoms. The van der Waals surface area contributed by atoms with Gasteiger partial charge in [-0.3, -0.25) is 10.1 Å². The highest BCUT2D eigenvalue weighted by molar-refractivity contribution is 9.11. The van der Waals surface area contributed by atoms with Gasteiger partial charge in [0, 0.05) is 6.07 Å². The van der Waals surface area contributed by atoms with Crippen molar-refractivity contribution in [2.24, 2.45) is 0 Å². The van der Waals surface area contributed by atoms with E-state index in [2.05, 4.69) is 31.9 Å². The Bertz CT molecular complexity index is 1030. The molecule has 0 heterocycles. The van der Waals surface area contributed by atoms with Crippen molar-refractivity contribution in [3.63, 3.8) is 0 Å². The highest BCUT2D eigenvalue weighted by Crippen LogP contribution is 2.42. The summed E-state index contributed by atoms with van der Waals surface area (Å²) in [6, 6.07) is 8.28. The minimum absolute atomic E-state index is 0.0653. The summed E-state index contributed by atoms with van der Waals surface area (Å²) in [5, 5.41) is 28.8. The first kappa shape index (κ1) is 21.4. The molecule has 2 rings (SSSR count). The number of hydrogen-bond donors (Lipinski definition) is 0. The van der Waals surface area contributed by atoms with Crippen molar-refractivity contribution < 1.29 is 22.8 Å². The highest BCUT2D eigenvalue weighted by atomic mass is 79.9. The van der Waals surface area contributed by atoms with Crippen LogP contribution in [0.1, 0.15) is 11.1 Å². The van der Waals surface area contributed by atoms with Gasteiger partial charge in [0.15, 0.2) is 5.75 Å². The van der Waals surface area contributed by atoms with Gasteiger partial charge in [0.2, 0.25) is 5.75 Å². The van der Waals surface area contributed by atoms with Gasteiger partial charge in [-0.25, -0.2) is 0 Å². The first-order chi connectivity index (χ1) is 13.1. The maximum atomic E-state index is 12.8. The maximum absolute atomic E-state index is 12.8. The molecule has 28 heavy (non-hydrogen) atoms. The standard InChI is InChI=1S/C17H6Br2F3N3O3/c18-12-4-9(3-10(7-23)8-24)5-13(19)16(12)28-15-2-1-11(17(20,21)22)6-14(15)25(26)27/h1-6H. The first-order valence-corrected chi connectivity index (χ1v) is 8.70. The number of alkyl halides is 3. The molecule has 0 aliphatic rings. The molecule has 0 saturated carbocycles. The van der Waals surface area contributed by atoms with Crippen molar-refractivity contribution in [3.8, 4) is 23.6 Å². The summed E-state index contributed by atoms with van der Waals surface area (Å²) in [6.07, 6.45) is -3.43. The monoisotopic (exact) mass is 515 g/mol. The predicted molar refractivity (Wildman–Crippen MR) is 99.2 cm³/mol. The van der Waals surface area contributed by atoms with Crippen molar-refractivity contribution in [2.45, 2.75) is 6.18 Å². The Kier molecular flexibility index (Phi) is 6.44. The smallest absolute Gasteiger partial charge is 0.416 e. The van der Waals surface area contributed by atoms with Crippen LogP contribution in [0, 0.1) is 32.8 Å². The number of ether oxygens (including phenoxy) is 1. The third-order valence-electron chi connectivity index (χ3n) is 3.27. The lowest BCUT2D eigenvalue weighted by atomic mass is 10.1. The molecule has 0 aliphatic heterocycles. The molecule has 2 aromatic carbocycles. The molecule has 6 nitrogen and oxygen atoms in total. The summed E-state index contributed by atoms with van der Waals surface area (Å²) in [7, 11) is 0. The van der Waals surface area contributed by atoms with E-state index in [0.29, 0.717) is 17.7 Å². The first-order valence-electron chi connectivity index (χ1n) is 7.11. The molecule has 0 fully saturated rings. The van der Waals surface area contributed by atoms with E-state index in [1.807, 2.05) is 0 Å². The number of rotatable bonds is 4. The van der Waals surface area contributed by atoms with E-state index in [1.54, 1.807) is 12.1 Å². The Balaban J connectivity index is 2.49. The Morgan fingerprint density at radius 3 is 2.18 bits per heavy atom. The second-order valence-corrected chi connectivity index (χ2v) is 6.84. The van der Waals surface area contributed by atoms with Crippen LogP contribution in [0.2, 0.25) is 0 Å². The van der Waals surface area contributed by atoms with Gasteiger partial charge < -0.3 is 4.74 Å². The fraction of sp³-hybridized carbons (Fsp3) is 0.0588. The van der Waals surface area contributed by atoms with Crippen molar-refractivity contribution in [3.05, 3.63) is 66.1 Å². The Morgan fingerprint density at radius 2 is 1.71 bits per heavy atom. The Morgan fingerprint density at radius 1 is 1.14 bits per heavy atom. The van der Waals surface area contributed by atoms with Gasteiger partial charge in [0.25, 0.3) is 0 Å². The SMILES string of the molecule is N#CC(C#N)=Cc1cc(Br)c(Oc2ccc(C(F)(F)F)cc2[N+](=O)[O-])c(Br)c1. The number of nitriles is 2. The summed E-state index contributed by atoms with van der Waals surface area (Å²) in [5.41, 5.74) is -1.73. The summed E-state index contributed by atoms with van der Waals surface area (Å²) in [6.45, 7) is 0. The van der Waals surface area contributed by atoms with Gasteiger partial charge in [0.1, 0.15) is 17.7 Å². The molecule has 0 unspecified atom stereocenters. The molecule has 0 N–H and O–H groups in total. The van der Waals surface area contributed by atoms with Crippen molar-refractivity contribution in [1.82, 2.24) is 0 Å². The number of benzene rings is 2. The van der Waals surface area contributed by atoms with Crippen LogP contribution in [-0.2, 0) is 6.18 Å². The summed E-state index contributed by atoms with van der Waals surface area (Å²) in [4.78, 5) is 10.2. The van der Waals surface area contributed by atoms with Crippen LogP contribution in [-0.4, -0.2) is 4.92 Å². The zero-order valence-electron chi connectivity index (χ0n) is 13.4. The van der Waals surface area contributed by atoms with Gasteiger partial charge >= 0.3 is 11.9 Å². The second kappa shape index (κ2) is 8.42. The van der Waals surface area contributed by atoms with Crippen LogP contribution in [0.3, 0.4) is 0 Å². The lowest BCUT2D eigenvalue weighted by Crippen LogP contribution is -2.06. The minimum Gasteiger partial charge on any atom is -0.448 e. The summed E-state index contributed by atoms with van der Waals surface area (Å²) >= 11 is 6.39. The predicted octanol–water partition coefficient (Wildman–Crippen LogP) is 6.36. The molecule has 0 atom stereocenters. The fourth-order valence-corrected chi connectivity index (χ4v) is 3.43. The van der Waals surface area contributed by atoms with Crippen molar-refractivity contribution >= 4 is 43.6 Å². The molecule has 0 aliphatic carbocycles. The molecular weight excluding hydrogens is 511 g/mol. The van der Waals surface area contributed by atoms with E-state index < -0.39 is 28.1 Å². The van der Waals surface area contributed by atoms with E-state index >= 15 is 0 Å².